The first kappa shape index (κ1) is 14.2. The molecule has 0 N–H and O–H groups in total. The smallest absolute Gasteiger partial charge is 0.162 e. The Hall–Kier alpha value is -0.260. The van der Waals surface area contributed by atoms with Crippen LogP contribution in [0.3, 0.4) is 0 Å². The highest BCUT2D eigenvalue weighted by atomic mass is 79.9. The molecule has 0 saturated heterocycles. The highest BCUT2D eigenvalue weighted by Crippen LogP contribution is 2.36. The molecule has 18 heavy (non-hydrogen) atoms. The fourth-order valence-electron chi connectivity index (χ4n) is 1.64. The maximum atomic E-state index is 13.6. The fourth-order valence-corrected chi connectivity index (χ4v) is 3.94. The van der Waals surface area contributed by atoms with Gasteiger partial charge in [-0.2, -0.15) is 0 Å². The molecule has 0 amide bonds. The van der Waals surface area contributed by atoms with E-state index in [0.717, 1.165) is 15.4 Å². The van der Waals surface area contributed by atoms with Crippen molar-refractivity contribution in [1.82, 2.24) is 0 Å². The lowest BCUT2D eigenvalue weighted by molar-refractivity contribution is 0.498. The highest BCUT2D eigenvalue weighted by Gasteiger charge is 2.16. The second-order valence-electron chi connectivity index (χ2n) is 3.94. The van der Waals surface area contributed by atoms with Gasteiger partial charge in [-0.25, -0.2) is 8.78 Å². The number of benzene rings is 1. The van der Waals surface area contributed by atoms with Crippen LogP contribution >= 0.6 is 43.2 Å². The van der Waals surface area contributed by atoms with Crippen molar-refractivity contribution in [2.75, 3.05) is 0 Å². The summed E-state index contributed by atoms with van der Waals surface area (Å²) >= 11 is 8.62. The van der Waals surface area contributed by atoms with Gasteiger partial charge in [0, 0.05) is 14.2 Å². The van der Waals surface area contributed by atoms with Gasteiger partial charge < -0.3 is 0 Å². The molecule has 2 aromatic rings. The first-order valence-corrected chi connectivity index (χ1v) is 7.84. The molecule has 0 saturated carbocycles. The molecule has 5 heteroatoms. The van der Waals surface area contributed by atoms with Crippen molar-refractivity contribution in [3.8, 4) is 0 Å². The largest absolute Gasteiger partial charge is 0.204 e. The van der Waals surface area contributed by atoms with Crippen molar-refractivity contribution in [3.63, 3.8) is 0 Å². The van der Waals surface area contributed by atoms with E-state index >= 15 is 0 Å². The van der Waals surface area contributed by atoms with Crippen LogP contribution in [0.25, 0.3) is 0 Å². The molecule has 0 aliphatic heterocycles. The fraction of sp³-hybridized carbons (Fsp3) is 0.231. The Morgan fingerprint density at radius 2 is 2.06 bits per heavy atom. The van der Waals surface area contributed by atoms with Crippen molar-refractivity contribution in [1.29, 1.82) is 0 Å². The molecule has 0 spiro atoms. The number of hydrogen-bond donors (Lipinski definition) is 0. The van der Waals surface area contributed by atoms with Gasteiger partial charge in [0.25, 0.3) is 0 Å². The minimum atomic E-state index is -0.796. The van der Waals surface area contributed by atoms with Crippen molar-refractivity contribution in [2.45, 2.75) is 18.2 Å². The van der Waals surface area contributed by atoms with Crippen LogP contribution in [-0.4, -0.2) is 0 Å². The van der Waals surface area contributed by atoms with E-state index in [0.29, 0.717) is 12.0 Å². The Morgan fingerprint density at radius 3 is 2.67 bits per heavy atom. The van der Waals surface area contributed by atoms with Crippen molar-refractivity contribution < 1.29 is 8.78 Å². The first-order valence-electron chi connectivity index (χ1n) is 5.32. The first-order chi connectivity index (χ1) is 8.49. The van der Waals surface area contributed by atoms with Crippen LogP contribution in [0.2, 0.25) is 0 Å². The zero-order chi connectivity index (χ0) is 13.3. The molecule has 1 unspecified atom stereocenters. The Morgan fingerprint density at radius 1 is 1.33 bits per heavy atom. The normalized spacial score (nSPS) is 12.7. The van der Waals surface area contributed by atoms with Gasteiger partial charge >= 0.3 is 0 Å². The van der Waals surface area contributed by atoms with E-state index in [1.807, 2.05) is 13.0 Å². The van der Waals surface area contributed by atoms with Crippen LogP contribution in [0, 0.1) is 18.6 Å². The lowest BCUT2D eigenvalue weighted by Crippen LogP contribution is -1.98. The number of thiophene rings is 1. The quantitative estimate of drug-likeness (QED) is 0.578. The molecular formula is C13H10Br2F2S. The van der Waals surface area contributed by atoms with Gasteiger partial charge in [-0.1, -0.05) is 28.1 Å². The third kappa shape index (κ3) is 3.00. The van der Waals surface area contributed by atoms with Crippen LogP contribution in [0.5, 0.6) is 0 Å². The lowest BCUT2D eigenvalue weighted by Gasteiger charge is -2.08. The van der Waals surface area contributed by atoms with E-state index in [-0.39, 0.29) is 4.83 Å². The zero-order valence-corrected chi connectivity index (χ0v) is 13.5. The minimum absolute atomic E-state index is 0.0104. The summed E-state index contributed by atoms with van der Waals surface area (Å²) < 4.78 is 27.7. The van der Waals surface area contributed by atoms with Gasteiger partial charge in [-0.3, -0.25) is 0 Å². The van der Waals surface area contributed by atoms with Gasteiger partial charge in [0.15, 0.2) is 11.6 Å². The molecule has 1 atom stereocenters. The molecule has 1 heterocycles. The monoisotopic (exact) mass is 394 g/mol. The standard InChI is InChI=1S/C13H10Br2F2S/c1-7-9(14)6-12(18-7)10(15)5-8-3-2-4-11(16)13(8)17/h2-4,6,10H,5H2,1H3. The molecule has 0 fully saturated rings. The SMILES string of the molecule is Cc1sc(C(Br)Cc2cccc(F)c2F)cc1Br. The van der Waals surface area contributed by atoms with E-state index in [9.17, 15) is 8.78 Å². The molecular weight excluding hydrogens is 386 g/mol. The van der Waals surface area contributed by atoms with E-state index in [1.165, 1.54) is 10.9 Å². The molecule has 1 aromatic heterocycles. The lowest BCUT2D eigenvalue weighted by atomic mass is 10.1. The summed E-state index contributed by atoms with van der Waals surface area (Å²) in [5.74, 6) is -1.55. The van der Waals surface area contributed by atoms with Gasteiger partial charge in [-0.05, 0) is 47.0 Å². The number of rotatable bonds is 3. The van der Waals surface area contributed by atoms with Gasteiger partial charge in [0.2, 0.25) is 0 Å². The maximum Gasteiger partial charge on any atom is 0.162 e. The number of aryl methyl sites for hydroxylation is 1. The Balaban J connectivity index is 2.21. The van der Waals surface area contributed by atoms with Crippen LogP contribution in [-0.2, 0) is 6.42 Å². The molecule has 96 valence electrons. The predicted octanol–water partition coefficient (Wildman–Crippen LogP) is 5.78. The summed E-state index contributed by atoms with van der Waals surface area (Å²) in [5, 5.41) is 0. The topological polar surface area (TPSA) is 0 Å². The van der Waals surface area contributed by atoms with Crippen LogP contribution in [0.1, 0.15) is 20.1 Å². The van der Waals surface area contributed by atoms with Crippen molar-refractivity contribution in [2.24, 2.45) is 0 Å². The third-order valence-corrected chi connectivity index (χ3v) is 5.99. The Labute approximate surface area is 125 Å². The van der Waals surface area contributed by atoms with E-state index in [2.05, 4.69) is 31.9 Å². The third-order valence-electron chi connectivity index (χ3n) is 2.62. The van der Waals surface area contributed by atoms with Crippen molar-refractivity contribution in [3.05, 3.63) is 55.7 Å². The minimum Gasteiger partial charge on any atom is -0.204 e. The van der Waals surface area contributed by atoms with Crippen molar-refractivity contribution >= 4 is 43.2 Å². The van der Waals surface area contributed by atoms with Gasteiger partial charge in [0.05, 0.1) is 4.83 Å². The molecule has 0 radical (unpaired) electrons. The summed E-state index contributed by atoms with van der Waals surface area (Å²) in [6.45, 7) is 2.01. The molecule has 1 aromatic carbocycles. The summed E-state index contributed by atoms with van der Waals surface area (Å²) in [7, 11) is 0. The van der Waals surface area contributed by atoms with E-state index in [4.69, 9.17) is 0 Å². The Bertz CT molecular complexity index is 547. The summed E-state index contributed by atoms with van der Waals surface area (Å²) in [6, 6.07) is 6.29. The number of hydrogen-bond acceptors (Lipinski definition) is 1. The average Bonchev–Trinajstić information content (AvgIpc) is 2.66. The van der Waals surface area contributed by atoms with Crippen LogP contribution in [0.15, 0.2) is 28.7 Å². The molecule has 0 bridgehead atoms. The predicted molar refractivity (Wildman–Crippen MR) is 78.5 cm³/mol. The van der Waals surface area contributed by atoms with Gasteiger partial charge in [-0.15, -0.1) is 11.3 Å². The second-order valence-corrected chi connectivity index (χ2v) is 7.19. The molecule has 0 aliphatic rings. The summed E-state index contributed by atoms with van der Waals surface area (Å²) in [4.78, 5) is 2.26. The molecule has 2 rings (SSSR count). The second kappa shape index (κ2) is 5.80. The van der Waals surface area contributed by atoms with E-state index in [1.54, 1.807) is 17.4 Å². The number of alkyl halides is 1. The van der Waals surface area contributed by atoms with Crippen LogP contribution in [0.4, 0.5) is 8.78 Å². The van der Waals surface area contributed by atoms with Crippen LogP contribution < -0.4 is 0 Å². The average molecular weight is 396 g/mol. The molecule has 0 nitrogen and oxygen atoms in total. The number of halogens is 4. The van der Waals surface area contributed by atoms with Gasteiger partial charge in [0.1, 0.15) is 0 Å². The Kier molecular flexibility index (Phi) is 4.56. The summed E-state index contributed by atoms with van der Waals surface area (Å²) in [5.41, 5.74) is 0.388. The maximum absolute atomic E-state index is 13.6. The molecule has 0 aliphatic carbocycles. The zero-order valence-electron chi connectivity index (χ0n) is 9.51. The van der Waals surface area contributed by atoms with E-state index < -0.39 is 11.6 Å². The highest BCUT2D eigenvalue weighted by molar-refractivity contribution is 9.10. The summed E-state index contributed by atoms with van der Waals surface area (Å²) in [6.07, 6.45) is 0.427.